The quantitative estimate of drug-likeness (QED) is 0.191. The number of aliphatic hydroxyl groups is 1. The Bertz CT molecular complexity index is 1640. The highest BCUT2D eigenvalue weighted by Gasteiger charge is 2.31. The number of hydrogen-bond acceptors (Lipinski definition) is 8. The molecule has 0 aromatic heterocycles. The van der Waals surface area contributed by atoms with Gasteiger partial charge in [-0.05, 0) is 105 Å². The predicted molar refractivity (Wildman–Crippen MR) is 186 cm³/mol. The molecule has 1 aliphatic heterocycles. The highest BCUT2D eigenvalue weighted by molar-refractivity contribution is 6.01. The molecule has 0 saturated heterocycles. The number of Topliss-reactive ketones (excluding diaryl/α,β-unsaturated/α-hetero) is 1. The number of hydrogen-bond donors (Lipinski definition) is 3. The van der Waals surface area contributed by atoms with Crippen LogP contribution in [0.3, 0.4) is 0 Å². The normalized spacial score (nSPS) is 18.1. The van der Waals surface area contributed by atoms with Crippen LogP contribution in [-0.2, 0) is 27.4 Å². The lowest BCUT2D eigenvalue weighted by Crippen LogP contribution is -2.37. The molecule has 3 aromatic carbocycles. The molecule has 1 fully saturated rings. The summed E-state index contributed by atoms with van der Waals surface area (Å²) >= 11 is 0. The number of ketones is 1. The molecule has 1 saturated carbocycles. The van der Waals surface area contributed by atoms with Gasteiger partial charge in [-0.2, -0.15) is 5.11 Å². The van der Waals surface area contributed by atoms with Crippen molar-refractivity contribution in [2.45, 2.75) is 71.5 Å². The van der Waals surface area contributed by atoms with Crippen molar-refractivity contribution in [2.24, 2.45) is 33.0 Å². The highest BCUT2D eigenvalue weighted by atomic mass is 16.6. The number of carbonyl (C=O) groups excluding carboxylic acids is 3. The van der Waals surface area contributed by atoms with E-state index in [0.717, 1.165) is 53.5 Å². The van der Waals surface area contributed by atoms with E-state index in [1.54, 1.807) is 0 Å². The molecule has 252 valence electrons. The largest absolute Gasteiger partial charge is 0.444 e. The summed E-state index contributed by atoms with van der Waals surface area (Å²) < 4.78 is 5.35. The topological polar surface area (TPSA) is 142 Å². The van der Waals surface area contributed by atoms with Crippen molar-refractivity contribution >= 4 is 29.3 Å². The fourth-order valence-electron chi connectivity index (χ4n) is 6.27. The Hall–Kier alpha value is -4.70. The van der Waals surface area contributed by atoms with Gasteiger partial charge in [-0.25, -0.2) is 9.79 Å². The molecule has 1 atom stereocenters. The summed E-state index contributed by atoms with van der Waals surface area (Å²) in [7, 11) is 0. The van der Waals surface area contributed by atoms with Gasteiger partial charge < -0.3 is 20.5 Å². The van der Waals surface area contributed by atoms with E-state index in [1.807, 2.05) is 93.6 Å². The van der Waals surface area contributed by atoms with E-state index in [9.17, 15) is 19.5 Å². The molecule has 3 aromatic rings. The van der Waals surface area contributed by atoms with Gasteiger partial charge in [0.05, 0.1) is 6.61 Å². The second-order valence-corrected chi connectivity index (χ2v) is 13.6. The number of amidine groups is 1. The van der Waals surface area contributed by atoms with Gasteiger partial charge in [0, 0.05) is 36.1 Å². The fraction of sp³-hybridized carbons (Fsp3) is 0.421. The first kappa shape index (κ1) is 34.6. The number of carbonyl (C=O) groups is 3. The van der Waals surface area contributed by atoms with Crippen LogP contribution in [0.1, 0.15) is 69.6 Å². The average molecular weight is 652 g/mol. The monoisotopic (exact) mass is 651 g/mol. The van der Waals surface area contributed by atoms with Gasteiger partial charge in [0.25, 0.3) is 0 Å². The molecule has 3 N–H and O–H groups in total. The van der Waals surface area contributed by atoms with Crippen molar-refractivity contribution in [3.63, 3.8) is 0 Å². The van der Waals surface area contributed by atoms with Gasteiger partial charge in [0.2, 0.25) is 5.91 Å². The summed E-state index contributed by atoms with van der Waals surface area (Å²) in [6.07, 6.45) is 3.25. The van der Waals surface area contributed by atoms with Gasteiger partial charge >= 0.3 is 6.09 Å². The Morgan fingerprint density at radius 2 is 1.60 bits per heavy atom. The number of anilines is 1. The number of azo groups is 1. The summed E-state index contributed by atoms with van der Waals surface area (Å²) in [4.78, 5) is 43.7. The van der Waals surface area contributed by atoms with Gasteiger partial charge in [0.15, 0.2) is 12.5 Å². The van der Waals surface area contributed by atoms with E-state index >= 15 is 0 Å². The number of alkyl carbamates (subject to hydrolysis) is 1. The first-order chi connectivity index (χ1) is 23.1. The van der Waals surface area contributed by atoms with Gasteiger partial charge in [-0.1, -0.05) is 48.5 Å². The maximum Gasteiger partial charge on any atom is 0.407 e. The molecule has 0 bridgehead atoms. The van der Waals surface area contributed by atoms with Crippen LogP contribution in [-0.4, -0.2) is 47.5 Å². The zero-order valence-corrected chi connectivity index (χ0v) is 27.9. The third-order valence-corrected chi connectivity index (χ3v) is 8.85. The van der Waals surface area contributed by atoms with E-state index in [4.69, 9.17) is 4.74 Å². The Morgan fingerprint density at radius 3 is 2.25 bits per heavy atom. The molecule has 48 heavy (non-hydrogen) atoms. The molecule has 1 aliphatic carbocycles. The molecular weight excluding hydrogens is 606 g/mol. The Kier molecular flexibility index (Phi) is 11.5. The minimum absolute atomic E-state index is 0.0519. The van der Waals surface area contributed by atoms with Gasteiger partial charge in [-0.15, -0.1) is 5.11 Å². The minimum atomic E-state index is -0.563. The number of benzene rings is 3. The number of nitrogens with zero attached hydrogens (tertiary/aromatic N) is 3. The van der Waals surface area contributed by atoms with Crippen LogP contribution < -0.4 is 10.6 Å². The molecule has 2 aliphatic rings. The van der Waals surface area contributed by atoms with E-state index in [1.165, 1.54) is 0 Å². The van der Waals surface area contributed by atoms with E-state index in [-0.39, 0.29) is 36.6 Å². The van der Waals surface area contributed by atoms with Crippen LogP contribution in [0.5, 0.6) is 0 Å². The molecule has 1 heterocycles. The Balaban J connectivity index is 1.24. The van der Waals surface area contributed by atoms with Gasteiger partial charge in [-0.3, -0.25) is 9.59 Å². The maximum atomic E-state index is 13.7. The summed E-state index contributed by atoms with van der Waals surface area (Å²) in [6, 6.07) is 23.0. The summed E-state index contributed by atoms with van der Waals surface area (Å²) in [5.41, 5.74) is 4.63. The van der Waals surface area contributed by atoms with Crippen LogP contribution >= 0.6 is 0 Å². The highest BCUT2D eigenvalue weighted by Crippen LogP contribution is 2.32. The number of aliphatic imine (C=N–C) groups is 1. The van der Waals surface area contributed by atoms with Crippen LogP contribution in [0.15, 0.2) is 88.0 Å². The smallest absolute Gasteiger partial charge is 0.407 e. The van der Waals surface area contributed by atoms with Crippen LogP contribution in [0, 0.1) is 17.8 Å². The second-order valence-electron chi connectivity index (χ2n) is 13.6. The van der Waals surface area contributed by atoms with Crippen molar-refractivity contribution in [1.29, 1.82) is 0 Å². The molecular formula is C38H45N5O5. The van der Waals surface area contributed by atoms with Crippen LogP contribution in [0.25, 0.3) is 11.1 Å². The first-order valence-electron chi connectivity index (χ1n) is 16.7. The number of amides is 2. The molecule has 5 rings (SSSR count). The third-order valence-electron chi connectivity index (χ3n) is 8.85. The molecule has 10 nitrogen and oxygen atoms in total. The zero-order valence-electron chi connectivity index (χ0n) is 27.9. The lowest BCUT2D eigenvalue weighted by molar-refractivity contribution is -0.129. The third kappa shape index (κ3) is 9.67. The Morgan fingerprint density at radius 1 is 0.917 bits per heavy atom. The number of rotatable bonds is 12. The summed E-state index contributed by atoms with van der Waals surface area (Å²) in [5.74, 6) is 0.0658. The summed E-state index contributed by atoms with van der Waals surface area (Å²) in [6.45, 7) is 6.29. The van der Waals surface area contributed by atoms with Gasteiger partial charge in [0.1, 0.15) is 11.4 Å². The molecule has 0 spiro atoms. The SMILES string of the molecule is CC(C)(C)OC(=O)NCC1CCC(C(=O)C[C@@H](Cc2ccc(-c3ccccc3CO)cc2)C(=O)Nc2ccc(C3=NCN=N3)cc2)CC1. The number of nitrogens with one attached hydrogen (secondary N) is 2. The van der Waals surface area contributed by atoms with Crippen molar-refractivity contribution in [3.05, 3.63) is 89.5 Å². The van der Waals surface area contributed by atoms with Crippen LogP contribution in [0.2, 0.25) is 0 Å². The van der Waals surface area contributed by atoms with E-state index in [2.05, 4.69) is 25.9 Å². The average Bonchev–Trinajstić information content (AvgIpc) is 3.62. The number of aliphatic hydroxyl groups excluding tert-OH is 1. The summed E-state index contributed by atoms with van der Waals surface area (Å²) in [5, 5.41) is 23.6. The van der Waals surface area contributed by atoms with E-state index < -0.39 is 17.6 Å². The van der Waals surface area contributed by atoms with Crippen molar-refractivity contribution in [1.82, 2.24) is 5.32 Å². The van der Waals surface area contributed by atoms with Crippen molar-refractivity contribution < 1.29 is 24.2 Å². The predicted octanol–water partition coefficient (Wildman–Crippen LogP) is 7.10. The molecule has 2 amide bonds. The van der Waals surface area contributed by atoms with Crippen molar-refractivity contribution in [3.8, 4) is 11.1 Å². The second kappa shape index (κ2) is 15.9. The van der Waals surface area contributed by atoms with E-state index in [0.29, 0.717) is 31.2 Å². The maximum absolute atomic E-state index is 13.7. The Labute approximate surface area is 282 Å². The lowest BCUT2D eigenvalue weighted by Gasteiger charge is -2.29. The van der Waals surface area contributed by atoms with Crippen LogP contribution in [0.4, 0.5) is 10.5 Å². The molecule has 10 heteroatoms. The first-order valence-corrected chi connectivity index (χ1v) is 16.7. The number of ether oxygens (including phenoxy) is 1. The lowest BCUT2D eigenvalue weighted by atomic mass is 9.77. The fourth-order valence-corrected chi connectivity index (χ4v) is 6.27. The zero-order chi connectivity index (χ0) is 34.1. The molecule has 0 unspecified atom stereocenters. The van der Waals surface area contributed by atoms with Crippen molar-refractivity contribution in [2.75, 3.05) is 18.5 Å². The minimum Gasteiger partial charge on any atom is -0.444 e. The molecule has 0 radical (unpaired) electrons. The standard InChI is InChI=1S/C38H45N5O5/c1-38(2,3)48-37(47)39-22-26-10-14-28(15-11-26)34(45)21-31(36(46)42-32-18-16-29(17-19-32)35-40-24-41-43-35)20-25-8-12-27(13-9-25)33-7-5-4-6-30(33)23-44/h4-9,12-13,16-19,26,28,31,44H,10-11,14-15,20-24H2,1-3H3,(H,39,47)(H,42,46)/t26?,28?,31-/m1/s1.